The molecular formula is C25H44N2O8. The molecule has 0 saturated carbocycles. The average molecular weight is 501 g/mol. The largest absolute Gasteiger partial charge is 0.469 e. The Morgan fingerprint density at radius 2 is 1.11 bits per heavy atom. The first-order valence-corrected chi connectivity index (χ1v) is 12.1. The Morgan fingerprint density at radius 1 is 0.714 bits per heavy atom. The number of carbonyl (C=O) groups is 4. The van der Waals surface area contributed by atoms with Crippen LogP contribution < -0.4 is 0 Å². The van der Waals surface area contributed by atoms with Crippen LogP contribution in [0.5, 0.6) is 0 Å². The van der Waals surface area contributed by atoms with E-state index in [4.69, 9.17) is 18.9 Å². The Balaban J connectivity index is 0.000000351. The van der Waals surface area contributed by atoms with E-state index in [0.717, 1.165) is 0 Å². The number of ether oxygens (including phenoxy) is 4. The van der Waals surface area contributed by atoms with Crippen LogP contribution in [0, 0.1) is 11.3 Å². The number of hydrogen-bond acceptors (Lipinski definition) is 8. The highest BCUT2D eigenvalue weighted by Crippen LogP contribution is 2.32. The third kappa shape index (κ3) is 10.3. The molecule has 2 saturated heterocycles. The van der Waals surface area contributed by atoms with Gasteiger partial charge in [0, 0.05) is 26.2 Å². The molecule has 0 aromatic rings. The molecule has 0 aromatic heterocycles. The van der Waals surface area contributed by atoms with E-state index in [1.165, 1.54) is 14.2 Å². The van der Waals surface area contributed by atoms with Crippen LogP contribution in [-0.2, 0) is 28.5 Å². The van der Waals surface area contributed by atoms with Gasteiger partial charge in [0.2, 0.25) is 0 Å². The molecule has 2 rings (SSSR count). The smallest absolute Gasteiger partial charge is 0.410 e. The lowest BCUT2D eigenvalue weighted by atomic mass is 9.80. The Bertz CT molecular complexity index is 738. The summed E-state index contributed by atoms with van der Waals surface area (Å²) in [6.07, 6.45) is 1.89. The van der Waals surface area contributed by atoms with Gasteiger partial charge in [-0.05, 0) is 74.1 Å². The number of methoxy groups -OCH3 is 2. The van der Waals surface area contributed by atoms with Crippen molar-refractivity contribution in [2.75, 3.05) is 40.4 Å². The molecule has 2 aliphatic rings. The minimum atomic E-state index is -0.486. The second kappa shape index (κ2) is 12.4. The van der Waals surface area contributed by atoms with Crippen LogP contribution in [0.25, 0.3) is 0 Å². The highest BCUT2D eigenvalue weighted by atomic mass is 16.6. The number of amides is 2. The number of nitrogens with zero attached hydrogens (tertiary/aromatic N) is 2. The van der Waals surface area contributed by atoms with Gasteiger partial charge >= 0.3 is 24.1 Å². The van der Waals surface area contributed by atoms with Crippen LogP contribution in [0.4, 0.5) is 9.59 Å². The van der Waals surface area contributed by atoms with Crippen molar-refractivity contribution in [3.8, 4) is 0 Å². The molecular weight excluding hydrogens is 456 g/mol. The lowest BCUT2D eigenvalue weighted by molar-refractivity contribution is -0.154. The van der Waals surface area contributed by atoms with Gasteiger partial charge in [-0.25, -0.2) is 9.59 Å². The summed E-state index contributed by atoms with van der Waals surface area (Å²) in [5.41, 5.74) is -1.44. The molecule has 0 bridgehead atoms. The molecule has 202 valence electrons. The molecule has 0 N–H and O–H groups in total. The number of esters is 2. The molecule has 0 spiro atoms. The van der Waals surface area contributed by atoms with Gasteiger partial charge in [0.15, 0.2) is 0 Å². The molecule has 0 unspecified atom stereocenters. The van der Waals surface area contributed by atoms with Gasteiger partial charge < -0.3 is 28.7 Å². The number of carbonyl (C=O) groups excluding carboxylic acids is 4. The molecule has 10 heteroatoms. The van der Waals surface area contributed by atoms with Gasteiger partial charge in [0.05, 0.1) is 25.6 Å². The topological polar surface area (TPSA) is 112 Å². The minimum absolute atomic E-state index is 0.0845. The molecule has 35 heavy (non-hydrogen) atoms. The zero-order valence-corrected chi connectivity index (χ0v) is 22.9. The molecule has 2 aliphatic heterocycles. The predicted octanol–water partition coefficient (Wildman–Crippen LogP) is 4.00. The molecule has 0 aliphatic carbocycles. The van der Waals surface area contributed by atoms with Crippen molar-refractivity contribution in [3.63, 3.8) is 0 Å². The van der Waals surface area contributed by atoms with Crippen molar-refractivity contribution < 1.29 is 38.1 Å². The van der Waals surface area contributed by atoms with Gasteiger partial charge in [-0.2, -0.15) is 0 Å². The summed E-state index contributed by atoms with van der Waals surface area (Å²) in [4.78, 5) is 49.8. The minimum Gasteiger partial charge on any atom is -0.469 e. The normalized spacial score (nSPS) is 18.5. The van der Waals surface area contributed by atoms with Gasteiger partial charge in [-0.1, -0.05) is 0 Å². The lowest BCUT2D eigenvalue weighted by Crippen LogP contribution is -2.47. The van der Waals surface area contributed by atoms with Crippen LogP contribution in [0.1, 0.15) is 74.1 Å². The van der Waals surface area contributed by atoms with Crippen molar-refractivity contribution in [2.24, 2.45) is 11.3 Å². The number of likely N-dealkylation sites (tertiary alicyclic amines) is 2. The quantitative estimate of drug-likeness (QED) is 0.413. The van der Waals surface area contributed by atoms with E-state index in [9.17, 15) is 19.2 Å². The van der Waals surface area contributed by atoms with Gasteiger partial charge in [-0.15, -0.1) is 0 Å². The molecule has 2 fully saturated rings. The van der Waals surface area contributed by atoms with Crippen LogP contribution in [0.3, 0.4) is 0 Å². The van der Waals surface area contributed by atoms with Crippen LogP contribution in [0.15, 0.2) is 0 Å². The second-order valence-electron chi connectivity index (χ2n) is 11.3. The molecule has 10 nitrogen and oxygen atoms in total. The van der Waals surface area contributed by atoms with Crippen molar-refractivity contribution in [1.29, 1.82) is 0 Å². The summed E-state index contributed by atoms with van der Waals surface area (Å²) >= 11 is 0. The number of rotatable bonds is 2. The van der Waals surface area contributed by atoms with Crippen molar-refractivity contribution in [2.45, 2.75) is 85.4 Å². The van der Waals surface area contributed by atoms with Gasteiger partial charge in [-0.3, -0.25) is 9.59 Å². The first-order valence-electron chi connectivity index (χ1n) is 12.1. The van der Waals surface area contributed by atoms with E-state index in [1.807, 2.05) is 48.5 Å². The SMILES string of the molecule is COC(=O)C1(C)CCN(C(=O)OC(C)(C)C)CC1.COC(=O)C1CCN(C(=O)OC(C)(C)C)CC1. The fourth-order valence-electron chi connectivity index (χ4n) is 3.75. The maximum absolute atomic E-state index is 11.9. The number of piperidine rings is 2. The first-order chi connectivity index (χ1) is 16.0. The average Bonchev–Trinajstić information content (AvgIpc) is 2.76. The highest BCUT2D eigenvalue weighted by molar-refractivity contribution is 5.77. The zero-order valence-electron chi connectivity index (χ0n) is 22.9. The Morgan fingerprint density at radius 3 is 1.46 bits per heavy atom. The van der Waals surface area contributed by atoms with E-state index in [2.05, 4.69) is 0 Å². The monoisotopic (exact) mass is 500 g/mol. The van der Waals surface area contributed by atoms with Crippen LogP contribution in [0.2, 0.25) is 0 Å². The van der Waals surface area contributed by atoms with E-state index in [0.29, 0.717) is 51.9 Å². The van der Waals surface area contributed by atoms with Gasteiger partial charge in [0.25, 0.3) is 0 Å². The molecule has 2 amide bonds. The standard InChI is InChI=1S/C13H23NO4.C12H21NO4/c1-12(2,3)18-11(16)14-8-6-13(4,7-9-14)10(15)17-5;1-12(2,3)17-11(15)13-7-5-9(6-8-13)10(14)16-4/h6-9H2,1-5H3;9H,5-8H2,1-4H3. The Hall–Kier alpha value is -2.52. The third-order valence-electron chi connectivity index (χ3n) is 5.88. The Kier molecular flexibility index (Phi) is 10.8. The Labute approximate surface area is 209 Å². The van der Waals surface area contributed by atoms with E-state index >= 15 is 0 Å². The van der Waals surface area contributed by atoms with Crippen molar-refractivity contribution in [1.82, 2.24) is 9.80 Å². The van der Waals surface area contributed by atoms with E-state index in [-0.39, 0.29) is 30.0 Å². The van der Waals surface area contributed by atoms with Crippen LogP contribution >= 0.6 is 0 Å². The maximum atomic E-state index is 11.9. The van der Waals surface area contributed by atoms with E-state index < -0.39 is 16.6 Å². The summed E-state index contributed by atoms with van der Waals surface area (Å²) in [5, 5.41) is 0. The summed E-state index contributed by atoms with van der Waals surface area (Å²) in [5.74, 6) is -0.473. The second-order valence-corrected chi connectivity index (χ2v) is 11.3. The summed E-state index contributed by atoms with van der Waals surface area (Å²) in [7, 11) is 2.79. The molecule has 0 atom stereocenters. The summed E-state index contributed by atoms with van der Waals surface area (Å²) in [6.45, 7) is 15.1. The number of hydrogen-bond donors (Lipinski definition) is 0. The summed E-state index contributed by atoms with van der Waals surface area (Å²) in [6, 6.07) is 0. The fourth-order valence-corrected chi connectivity index (χ4v) is 3.75. The van der Waals surface area contributed by atoms with Gasteiger partial charge in [0.1, 0.15) is 11.2 Å². The highest BCUT2D eigenvalue weighted by Gasteiger charge is 2.39. The zero-order chi connectivity index (χ0) is 27.0. The maximum Gasteiger partial charge on any atom is 0.410 e. The van der Waals surface area contributed by atoms with Crippen molar-refractivity contribution >= 4 is 24.1 Å². The fraction of sp³-hybridized carbons (Fsp3) is 0.840. The molecule has 2 heterocycles. The van der Waals surface area contributed by atoms with E-state index in [1.54, 1.807) is 9.80 Å². The predicted molar refractivity (Wildman–Crippen MR) is 130 cm³/mol. The first kappa shape index (κ1) is 30.5. The molecule has 0 radical (unpaired) electrons. The molecule has 0 aromatic carbocycles. The third-order valence-corrected chi connectivity index (χ3v) is 5.88. The summed E-state index contributed by atoms with van der Waals surface area (Å²) < 4.78 is 20.1. The lowest BCUT2D eigenvalue weighted by Gasteiger charge is -2.37. The van der Waals surface area contributed by atoms with Crippen LogP contribution in [-0.4, -0.2) is 85.5 Å². The van der Waals surface area contributed by atoms with Crippen molar-refractivity contribution in [3.05, 3.63) is 0 Å².